The van der Waals surface area contributed by atoms with Gasteiger partial charge in [0.25, 0.3) is 0 Å². The number of nitrogen functional groups attached to an aromatic ring is 1. The molecule has 0 bridgehead atoms. The first-order valence-corrected chi connectivity index (χ1v) is 4.71. The molecule has 0 aromatic carbocycles. The molecule has 0 unspecified atom stereocenters. The highest BCUT2D eigenvalue weighted by molar-refractivity contribution is 7.99. The Labute approximate surface area is 84.4 Å². The monoisotopic (exact) mass is 208 g/mol. The van der Waals surface area contributed by atoms with E-state index in [9.17, 15) is 0 Å². The van der Waals surface area contributed by atoms with E-state index >= 15 is 0 Å². The number of anilines is 1. The van der Waals surface area contributed by atoms with Crippen molar-refractivity contribution in [2.45, 2.75) is 17.2 Å². The van der Waals surface area contributed by atoms with Crippen LogP contribution in [-0.2, 0) is 0 Å². The Bertz CT molecular complexity index is 439. The lowest BCUT2D eigenvalue weighted by atomic mass is 10.6. The number of aryl methyl sites for hydroxylation is 1. The minimum absolute atomic E-state index is 0.440. The average molecular weight is 208 g/mol. The van der Waals surface area contributed by atoms with Crippen molar-refractivity contribution in [3.63, 3.8) is 0 Å². The largest absolute Gasteiger partial charge is 0.384 e. The van der Waals surface area contributed by atoms with Crippen LogP contribution in [0.1, 0.15) is 5.82 Å². The summed E-state index contributed by atoms with van der Waals surface area (Å²) in [6, 6.07) is 1.63. The highest BCUT2D eigenvalue weighted by Crippen LogP contribution is 2.20. The number of hydrogen-bond donors (Lipinski definition) is 2. The van der Waals surface area contributed by atoms with Gasteiger partial charge in [-0.1, -0.05) is 0 Å². The van der Waals surface area contributed by atoms with Gasteiger partial charge in [0.2, 0.25) is 5.16 Å². The molecular formula is C7H8N6S. The predicted octanol–water partition coefficient (Wildman–Crippen LogP) is 0.637. The van der Waals surface area contributed by atoms with Crippen LogP contribution in [0.25, 0.3) is 0 Å². The fraction of sp³-hybridized carbons (Fsp3) is 0.143. The SMILES string of the molecule is Cc1nc(Sc2nccc(N)n2)n[nH]1. The molecule has 2 aromatic rings. The molecule has 0 aliphatic heterocycles. The normalized spacial score (nSPS) is 10.4. The zero-order chi connectivity index (χ0) is 9.97. The lowest BCUT2D eigenvalue weighted by molar-refractivity contribution is 0.936. The molecule has 3 N–H and O–H groups in total. The quantitative estimate of drug-likeness (QED) is 0.703. The smallest absolute Gasteiger partial charge is 0.216 e. The van der Waals surface area contributed by atoms with E-state index in [4.69, 9.17) is 5.73 Å². The molecule has 2 rings (SSSR count). The van der Waals surface area contributed by atoms with Crippen LogP contribution in [0, 0.1) is 6.92 Å². The Morgan fingerprint density at radius 1 is 1.36 bits per heavy atom. The van der Waals surface area contributed by atoms with Gasteiger partial charge in [-0.05, 0) is 24.8 Å². The molecule has 0 radical (unpaired) electrons. The van der Waals surface area contributed by atoms with Crippen molar-refractivity contribution in [3.8, 4) is 0 Å². The molecule has 6 nitrogen and oxygen atoms in total. The standard InChI is InChI=1S/C7H8N6S/c1-4-10-7(13-12-4)14-6-9-3-2-5(8)11-6/h2-3H,1H3,(H2,8,9,11)(H,10,12,13). The zero-order valence-corrected chi connectivity index (χ0v) is 8.25. The van der Waals surface area contributed by atoms with Crippen molar-refractivity contribution < 1.29 is 0 Å². The van der Waals surface area contributed by atoms with Crippen molar-refractivity contribution >= 4 is 17.6 Å². The Balaban J connectivity index is 2.18. The summed E-state index contributed by atoms with van der Waals surface area (Å²) in [6.07, 6.45) is 1.60. The zero-order valence-electron chi connectivity index (χ0n) is 7.43. The molecule has 2 aromatic heterocycles. The maximum absolute atomic E-state index is 5.50. The second-order valence-electron chi connectivity index (χ2n) is 2.57. The van der Waals surface area contributed by atoms with E-state index in [-0.39, 0.29) is 0 Å². The highest BCUT2D eigenvalue weighted by atomic mass is 32.2. The fourth-order valence-electron chi connectivity index (χ4n) is 0.853. The van der Waals surface area contributed by atoms with Crippen LogP contribution in [0.2, 0.25) is 0 Å². The molecule has 0 saturated carbocycles. The van der Waals surface area contributed by atoms with E-state index in [0.717, 1.165) is 5.82 Å². The Morgan fingerprint density at radius 2 is 2.21 bits per heavy atom. The van der Waals surface area contributed by atoms with Gasteiger partial charge in [0.1, 0.15) is 11.6 Å². The van der Waals surface area contributed by atoms with E-state index in [1.165, 1.54) is 11.8 Å². The van der Waals surface area contributed by atoms with E-state index in [0.29, 0.717) is 16.1 Å². The van der Waals surface area contributed by atoms with Crippen molar-refractivity contribution in [1.29, 1.82) is 0 Å². The molecule has 72 valence electrons. The van der Waals surface area contributed by atoms with Gasteiger partial charge in [0.05, 0.1) is 0 Å². The predicted molar refractivity (Wildman–Crippen MR) is 51.7 cm³/mol. The Hall–Kier alpha value is -1.63. The second-order valence-corrected chi connectivity index (χ2v) is 3.50. The summed E-state index contributed by atoms with van der Waals surface area (Å²) in [5.41, 5.74) is 5.50. The second kappa shape index (κ2) is 3.62. The highest BCUT2D eigenvalue weighted by Gasteiger charge is 2.04. The molecule has 0 saturated heterocycles. The number of nitrogens with zero attached hydrogens (tertiary/aromatic N) is 4. The van der Waals surface area contributed by atoms with Gasteiger partial charge in [0.15, 0.2) is 5.16 Å². The molecule has 0 fully saturated rings. The molecule has 14 heavy (non-hydrogen) atoms. The van der Waals surface area contributed by atoms with Crippen molar-refractivity contribution in [2.24, 2.45) is 0 Å². The number of rotatable bonds is 2. The van der Waals surface area contributed by atoms with Crippen LogP contribution >= 0.6 is 11.8 Å². The number of aromatic nitrogens is 5. The van der Waals surface area contributed by atoms with Gasteiger partial charge in [-0.25, -0.2) is 15.0 Å². The van der Waals surface area contributed by atoms with Crippen molar-refractivity contribution in [1.82, 2.24) is 25.1 Å². The summed E-state index contributed by atoms with van der Waals surface area (Å²) < 4.78 is 0. The summed E-state index contributed by atoms with van der Waals surface area (Å²) in [6.45, 7) is 1.83. The Morgan fingerprint density at radius 3 is 2.86 bits per heavy atom. The van der Waals surface area contributed by atoms with E-state index in [2.05, 4.69) is 25.1 Å². The van der Waals surface area contributed by atoms with Crippen molar-refractivity contribution in [3.05, 3.63) is 18.1 Å². The van der Waals surface area contributed by atoms with Crippen molar-refractivity contribution in [2.75, 3.05) is 5.73 Å². The summed E-state index contributed by atoms with van der Waals surface area (Å²) >= 11 is 1.27. The van der Waals surface area contributed by atoms with Crippen LogP contribution in [0.4, 0.5) is 5.82 Å². The van der Waals surface area contributed by atoms with Crippen LogP contribution < -0.4 is 5.73 Å². The number of nitrogens with one attached hydrogen (secondary N) is 1. The third-order valence-electron chi connectivity index (χ3n) is 1.41. The van der Waals surface area contributed by atoms with Gasteiger partial charge >= 0.3 is 0 Å². The molecule has 0 aliphatic rings. The first-order chi connectivity index (χ1) is 6.74. The minimum atomic E-state index is 0.440. The van der Waals surface area contributed by atoms with Gasteiger partial charge in [-0.3, -0.25) is 5.10 Å². The molecule has 0 spiro atoms. The summed E-state index contributed by atoms with van der Waals surface area (Å²) in [5, 5.41) is 7.82. The maximum Gasteiger partial charge on any atom is 0.216 e. The molecule has 0 atom stereocenters. The third-order valence-corrected chi connectivity index (χ3v) is 2.16. The average Bonchev–Trinajstić information content (AvgIpc) is 2.51. The topological polar surface area (TPSA) is 93.4 Å². The van der Waals surface area contributed by atoms with E-state index < -0.39 is 0 Å². The molecule has 7 heteroatoms. The van der Waals surface area contributed by atoms with Crippen LogP contribution in [0.3, 0.4) is 0 Å². The minimum Gasteiger partial charge on any atom is -0.384 e. The fourth-order valence-corrected chi connectivity index (χ4v) is 1.55. The summed E-state index contributed by atoms with van der Waals surface area (Å²) in [5.74, 6) is 1.20. The summed E-state index contributed by atoms with van der Waals surface area (Å²) in [4.78, 5) is 12.1. The van der Waals surface area contributed by atoms with Crippen LogP contribution in [0.5, 0.6) is 0 Å². The summed E-state index contributed by atoms with van der Waals surface area (Å²) in [7, 11) is 0. The number of aromatic amines is 1. The van der Waals surface area contributed by atoms with Crippen LogP contribution in [-0.4, -0.2) is 25.1 Å². The maximum atomic E-state index is 5.50. The van der Waals surface area contributed by atoms with Gasteiger partial charge < -0.3 is 5.73 Å². The number of nitrogens with two attached hydrogens (primary N) is 1. The lowest BCUT2D eigenvalue weighted by Gasteiger charge is -1.95. The van der Waals surface area contributed by atoms with E-state index in [1.807, 2.05) is 6.92 Å². The van der Waals surface area contributed by atoms with Gasteiger partial charge in [-0.15, -0.1) is 5.10 Å². The number of H-pyrrole nitrogens is 1. The van der Waals surface area contributed by atoms with E-state index in [1.54, 1.807) is 12.3 Å². The van der Waals surface area contributed by atoms with Crippen LogP contribution in [0.15, 0.2) is 22.6 Å². The first-order valence-electron chi connectivity index (χ1n) is 3.89. The van der Waals surface area contributed by atoms with Gasteiger partial charge in [0, 0.05) is 6.20 Å². The molecule has 2 heterocycles. The lowest BCUT2D eigenvalue weighted by Crippen LogP contribution is -1.93. The first kappa shape index (κ1) is 8.95. The third kappa shape index (κ3) is 1.99. The molecular weight excluding hydrogens is 200 g/mol. The number of hydrogen-bond acceptors (Lipinski definition) is 6. The molecule has 0 amide bonds. The Kier molecular flexibility index (Phi) is 2.32. The molecule has 0 aliphatic carbocycles. The van der Waals surface area contributed by atoms with Gasteiger partial charge in [-0.2, -0.15) is 0 Å².